The van der Waals surface area contributed by atoms with Gasteiger partial charge in [0.1, 0.15) is 34.0 Å². The number of furan rings is 2. The van der Waals surface area contributed by atoms with E-state index in [-0.39, 0.29) is 0 Å². The van der Waals surface area contributed by atoms with Crippen LogP contribution in [-0.4, -0.2) is 11.7 Å². The number of nitrogens with one attached hydrogen (secondary N) is 1. The molecule has 0 fully saturated rings. The fourth-order valence-electron chi connectivity index (χ4n) is 7.11. The monoisotopic (exact) mass is 617 g/mol. The van der Waals surface area contributed by atoms with Gasteiger partial charge in [0.2, 0.25) is 0 Å². The van der Waals surface area contributed by atoms with Crippen molar-refractivity contribution in [3.05, 3.63) is 168 Å². The summed E-state index contributed by atoms with van der Waals surface area (Å²) in [6, 6.07) is 52.1. The van der Waals surface area contributed by atoms with Crippen LogP contribution in [0.5, 0.6) is 0 Å². The topological polar surface area (TPSA) is 63.0 Å². The van der Waals surface area contributed by atoms with Gasteiger partial charge in [-0.25, -0.2) is 9.98 Å². The van der Waals surface area contributed by atoms with Crippen LogP contribution in [0.25, 0.3) is 65.8 Å². The van der Waals surface area contributed by atoms with Crippen LogP contribution < -0.4 is 5.32 Å². The lowest BCUT2D eigenvalue weighted by Crippen LogP contribution is -2.36. The highest BCUT2D eigenvalue weighted by Crippen LogP contribution is 2.44. The molecule has 9 aromatic rings. The third-order valence-electron chi connectivity index (χ3n) is 9.32. The molecule has 5 nitrogen and oxygen atoms in total. The predicted molar refractivity (Wildman–Crippen MR) is 196 cm³/mol. The van der Waals surface area contributed by atoms with Crippen molar-refractivity contribution in [2.24, 2.45) is 9.98 Å². The second-order valence-electron chi connectivity index (χ2n) is 12.2. The van der Waals surface area contributed by atoms with Gasteiger partial charge in [-0.15, -0.1) is 0 Å². The summed E-state index contributed by atoms with van der Waals surface area (Å²) in [6.07, 6.45) is -0.523. The molecule has 0 spiro atoms. The Hall–Kier alpha value is -6.46. The molecule has 10 rings (SSSR count). The standard InChI is InChI=1S/C43H27N3O2/c1-3-13-26(14-4-1)41-44-42(27-15-5-2-6-16-27)46-43(45-41)35-23-28(24-38-39(35)32-20-10-12-22-37(32)47-38)33-25-34-30-18-9-11-21-36(30)48-40(34)31-19-8-7-17-29(31)33/h1-25,43H,(H,44,45,46). The summed E-state index contributed by atoms with van der Waals surface area (Å²) in [5, 5.41) is 9.96. The molecule has 0 amide bonds. The van der Waals surface area contributed by atoms with E-state index in [1.807, 2.05) is 60.7 Å². The van der Waals surface area contributed by atoms with Crippen LogP contribution in [0.1, 0.15) is 22.9 Å². The van der Waals surface area contributed by atoms with E-state index in [4.69, 9.17) is 18.8 Å². The first-order valence-electron chi connectivity index (χ1n) is 16.1. The number of aliphatic imine (C=N–C) groups is 2. The van der Waals surface area contributed by atoms with Crippen LogP contribution >= 0.6 is 0 Å². The molecule has 0 atom stereocenters. The smallest absolute Gasteiger partial charge is 0.170 e. The van der Waals surface area contributed by atoms with Gasteiger partial charge >= 0.3 is 0 Å². The van der Waals surface area contributed by atoms with Crippen molar-refractivity contribution in [2.75, 3.05) is 0 Å². The van der Waals surface area contributed by atoms with Crippen molar-refractivity contribution in [2.45, 2.75) is 6.17 Å². The Morgan fingerprint density at radius 3 is 1.69 bits per heavy atom. The zero-order valence-electron chi connectivity index (χ0n) is 25.7. The summed E-state index contributed by atoms with van der Waals surface area (Å²) in [4.78, 5) is 10.6. The van der Waals surface area contributed by atoms with Crippen molar-refractivity contribution < 1.29 is 8.83 Å². The van der Waals surface area contributed by atoms with Crippen LogP contribution in [0, 0.1) is 0 Å². The maximum Gasteiger partial charge on any atom is 0.170 e. The van der Waals surface area contributed by atoms with Crippen LogP contribution in [0.3, 0.4) is 0 Å². The van der Waals surface area contributed by atoms with Gasteiger partial charge in [-0.05, 0) is 46.8 Å². The third kappa shape index (κ3) is 4.18. The minimum Gasteiger partial charge on any atom is -0.456 e. The second-order valence-corrected chi connectivity index (χ2v) is 12.2. The summed E-state index contributed by atoms with van der Waals surface area (Å²) >= 11 is 0. The Bertz CT molecular complexity index is 2700. The molecular weight excluding hydrogens is 590 g/mol. The first kappa shape index (κ1) is 26.7. The second kappa shape index (κ2) is 10.5. The van der Waals surface area contributed by atoms with Crippen LogP contribution in [0.2, 0.25) is 0 Å². The lowest BCUT2D eigenvalue weighted by Gasteiger charge is -2.23. The van der Waals surface area contributed by atoms with Gasteiger partial charge in [0.05, 0.1) is 0 Å². The number of hydrogen-bond acceptors (Lipinski definition) is 5. The molecule has 0 radical (unpaired) electrons. The summed E-state index contributed by atoms with van der Waals surface area (Å²) in [5.41, 5.74) is 8.52. The fraction of sp³-hybridized carbons (Fsp3) is 0.0233. The summed E-state index contributed by atoms with van der Waals surface area (Å²) in [6.45, 7) is 0. The first-order chi connectivity index (χ1) is 23.8. The molecule has 1 aliphatic rings. The summed E-state index contributed by atoms with van der Waals surface area (Å²) in [7, 11) is 0. The molecule has 0 aliphatic carbocycles. The number of fused-ring (bicyclic) bond motifs is 8. The Labute approximate surface area is 275 Å². The molecule has 7 aromatic carbocycles. The molecule has 226 valence electrons. The summed E-state index contributed by atoms with van der Waals surface area (Å²) < 4.78 is 13.0. The van der Waals surface area contributed by atoms with Crippen molar-refractivity contribution in [1.82, 2.24) is 5.32 Å². The highest BCUT2D eigenvalue weighted by Gasteiger charge is 2.26. The molecule has 1 N–H and O–H groups in total. The highest BCUT2D eigenvalue weighted by atomic mass is 16.3. The van der Waals surface area contributed by atoms with E-state index in [0.29, 0.717) is 0 Å². The average Bonchev–Trinajstić information content (AvgIpc) is 3.73. The van der Waals surface area contributed by atoms with E-state index in [1.165, 1.54) is 0 Å². The average molecular weight is 618 g/mol. The van der Waals surface area contributed by atoms with Gasteiger partial charge in [-0.3, -0.25) is 0 Å². The van der Waals surface area contributed by atoms with E-state index in [1.54, 1.807) is 0 Å². The van der Waals surface area contributed by atoms with Crippen LogP contribution in [0.15, 0.2) is 170 Å². The molecule has 48 heavy (non-hydrogen) atoms. The Balaban J connectivity index is 1.28. The maximum absolute atomic E-state index is 6.59. The lowest BCUT2D eigenvalue weighted by atomic mass is 9.92. The largest absolute Gasteiger partial charge is 0.456 e. The Morgan fingerprint density at radius 1 is 0.438 bits per heavy atom. The SMILES string of the molecule is c1ccc(C2=NC(c3cc(-c4cc5c6ccccc6oc5c5ccccc45)cc4oc5ccccc5c34)N=C(c3ccccc3)N2)cc1. The number of para-hydroxylation sites is 2. The van der Waals surface area contributed by atoms with Crippen molar-refractivity contribution >= 4 is 66.3 Å². The normalized spacial score (nSPS) is 13.8. The molecule has 2 aromatic heterocycles. The Morgan fingerprint density at radius 2 is 1.00 bits per heavy atom. The van der Waals surface area contributed by atoms with Gasteiger partial charge in [-0.1, -0.05) is 121 Å². The molecule has 0 unspecified atom stereocenters. The van der Waals surface area contributed by atoms with E-state index < -0.39 is 6.17 Å². The number of rotatable bonds is 4. The van der Waals surface area contributed by atoms with Crippen molar-refractivity contribution in [1.29, 1.82) is 0 Å². The van der Waals surface area contributed by atoms with Crippen molar-refractivity contribution in [3.8, 4) is 11.1 Å². The summed E-state index contributed by atoms with van der Waals surface area (Å²) in [5.74, 6) is 1.55. The molecule has 0 saturated carbocycles. The van der Waals surface area contributed by atoms with Gasteiger partial charge in [0.25, 0.3) is 0 Å². The molecule has 3 heterocycles. The number of hydrogen-bond donors (Lipinski definition) is 1. The number of nitrogens with zero attached hydrogens (tertiary/aromatic N) is 2. The maximum atomic E-state index is 6.59. The van der Waals surface area contributed by atoms with Gasteiger partial charge < -0.3 is 14.2 Å². The van der Waals surface area contributed by atoms with E-state index >= 15 is 0 Å². The Kier molecular flexibility index (Phi) is 5.87. The number of benzene rings is 7. The molecule has 0 saturated heterocycles. The van der Waals surface area contributed by atoms with E-state index in [2.05, 4.69) is 96.3 Å². The third-order valence-corrected chi connectivity index (χ3v) is 9.32. The minimum atomic E-state index is -0.523. The van der Waals surface area contributed by atoms with E-state index in [0.717, 1.165) is 94.1 Å². The molecule has 1 aliphatic heterocycles. The molecule has 0 bridgehead atoms. The van der Waals surface area contributed by atoms with Gasteiger partial charge in [-0.2, -0.15) is 0 Å². The molecule has 5 heteroatoms. The minimum absolute atomic E-state index is 0.523. The van der Waals surface area contributed by atoms with E-state index in [9.17, 15) is 0 Å². The van der Waals surface area contributed by atoms with Gasteiger partial charge in [0, 0.05) is 43.6 Å². The highest BCUT2D eigenvalue weighted by molar-refractivity contribution is 6.20. The zero-order chi connectivity index (χ0) is 31.6. The fourth-order valence-corrected chi connectivity index (χ4v) is 7.11. The lowest BCUT2D eigenvalue weighted by molar-refractivity contribution is 0.668. The molecular formula is C43H27N3O2. The number of amidine groups is 2. The van der Waals surface area contributed by atoms with Gasteiger partial charge in [0.15, 0.2) is 6.17 Å². The van der Waals surface area contributed by atoms with Crippen LogP contribution in [0.4, 0.5) is 0 Å². The van der Waals surface area contributed by atoms with Crippen LogP contribution in [-0.2, 0) is 0 Å². The van der Waals surface area contributed by atoms with Crippen molar-refractivity contribution in [3.63, 3.8) is 0 Å². The first-order valence-corrected chi connectivity index (χ1v) is 16.1. The quantitative estimate of drug-likeness (QED) is 0.214. The zero-order valence-corrected chi connectivity index (χ0v) is 25.7. The predicted octanol–water partition coefficient (Wildman–Crippen LogP) is 10.8.